The molecule has 0 aliphatic carbocycles. The number of terminal acetylenes is 1. The van der Waals surface area contributed by atoms with Gasteiger partial charge in [-0.1, -0.05) is 17.5 Å². The van der Waals surface area contributed by atoms with Crippen LogP contribution >= 0.6 is 11.6 Å². The number of carboxylic acids is 1. The average molecular weight is 577 g/mol. The van der Waals surface area contributed by atoms with Crippen molar-refractivity contribution >= 4 is 52.8 Å². The van der Waals surface area contributed by atoms with Gasteiger partial charge in [0, 0.05) is 41.5 Å². The van der Waals surface area contributed by atoms with Crippen molar-refractivity contribution in [1.82, 2.24) is 4.90 Å². The van der Waals surface area contributed by atoms with E-state index in [1.54, 1.807) is 24.3 Å². The van der Waals surface area contributed by atoms with E-state index in [1.165, 1.54) is 37.7 Å². The number of nitrogens with one attached hydrogen (secondary N) is 2. The van der Waals surface area contributed by atoms with Gasteiger partial charge in [0.25, 0.3) is 11.8 Å². The molecule has 1 heterocycles. The maximum atomic E-state index is 15.0. The largest absolute Gasteiger partial charge is 0.494 e. The number of amides is 2. The molecular formula is C30H26ClFN4O5. The predicted octanol–water partition coefficient (Wildman–Crippen LogP) is 5.43. The number of ether oxygens (including phenoxy) is 1. The first-order valence-electron chi connectivity index (χ1n) is 12.6. The molecule has 3 aromatic carbocycles. The molecule has 3 N–H and O–H groups in total. The first-order valence-corrected chi connectivity index (χ1v) is 12.9. The molecule has 9 nitrogen and oxygen atoms in total. The Bertz CT molecular complexity index is 1540. The summed E-state index contributed by atoms with van der Waals surface area (Å²) in [4.78, 5) is 43.5. The summed E-state index contributed by atoms with van der Waals surface area (Å²) in [6, 6.07) is 13.2. The normalized spacial score (nSPS) is 13.5. The molecule has 4 rings (SSSR count). The molecular weight excluding hydrogens is 551 g/mol. The first kappa shape index (κ1) is 29.1. The lowest BCUT2D eigenvalue weighted by Gasteiger charge is -2.28. The molecule has 1 saturated heterocycles. The second-order valence-corrected chi connectivity index (χ2v) is 9.65. The molecule has 0 unspecified atom stereocenters. The van der Waals surface area contributed by atoms with Crippen LogP contribution in [0.25, 0.3) is 0 Å². The number of likely N-dealkylation sites (tertiary alicyclic amines) is 1. The van der Waals surface area contributed by atoms with Crippen LogP contribution < -0.4 is 15.4 Å². The second kappa shape index (κ2) is 13.0. The van der Waals surface area contributed by atoms with Gasteiger partial charge in [-0.25, -0.2) is 9.38 Å². The van der Waals surface area contributed by atoms with E-state index < -0.39 is 23.6 Å². The maximum absolute atomic E-state index is 15.0. The van der Waals surface area contributed by atoms with Crippen molar-refractivity contribution in [3.8, 4) is 18.1 Å². The van der Waals surface area contributed by atoms with E-state index in [0.717, 1.165) is 6.07 Å². The van der Waals surface area contributed by atoms with E-state index in [4.69, 9.17) is 27.9 Å². The third-order valence-electron chi connectivity index (χ3n) is 6.53. The standard InChI is InChI=1S/C30H26ClFN4O5/c1-3-18-4-6-21(7-5-18)34-29(38)24-14-20(31)15-26(41-2)27(24)35-28(37)23-9-8-22(16-25(23)32)33-17-36-12-10-19(11-13-36)30(39)40/h1,4-9,14-17,19H,10-13H2,2H3,(H,34,38)(H,35,37)(H,39,40). The van der Waals surface area contributed by atoms with Crippen molar-refractivity contribution < 1.29 is 28.6 Å². The van der Waals surface area contributed by atoms with Gasteiger partial charge >= 0.3 is 5.97 Å². The summed E-state index contributed by atoms with van der Waals surface area (Å²) in [6.45, 7) is 1.05. The van der Waals surface area contributed by atoms with Crippen molar-refractivity contribution in [3.05, 3.63) is 82.1 Å². The van der Waals surface area contributed by atoms with E-state index >= 15 is 4.39 Å². The van der Waals surface area contributed by atoms with Gasteiger partial charge in [-0.2, -0.15) is 0 Å². The summed E-state index contributed by atoms with van der Waals surface area (Å²) in [6.07, 6.45) is 7.91. The molecule has 41 heavy (non-hydrogen) atoms. The van der Waals surface area contributed by atoms with Gasteiger partial charge < -0.3 is 25.4 Å². The van der Waals surface area contributed by atoms with E-state index in [-0.39, 0.29) is 39.2 Å². The number of hydrogen-bond acceptors (Lipinski definition) is 5. The zero-order valence-corrected chi connectivity index (χ0v) is 22.7. The summed E-state index contributed by atoms with van der Waals surface area (Å²) in [5.41, 5.74) is 1.10. The number of carboxylic acid groups (broad SMARTS) is 1. The average Bonchev–Trinajstić information content (AvgIpc) is 2.97. The molecule has 1 fully saturated rings. The van der Waals surface area contributed by atoms with Gasteiger partial charge in [0.2, 0.25) is 0 Å². The number of anilines is 2. The molecule has 1 aliphatic rings. The van der Waals surface area contributed by atoms with Gasteiger partial charge in [0.15, 0.2) is 0 Å². The molecule has 0 atom stereocenters. The van der Waals surface area contributed by atoms with Crippen molar-refractivity contribution in [2.24, 2.45) is 10.9 Å². The summed E-state index contributed by atoms with van der Waals surface area (Å²) < 4.78 is 20.3. The molecule has 210 valence electrons. The van der Waals surface area contributed by atoms with Crippen LogP contribution in [0.15, 0.2) is 59.6 Å². The molecule has 0 saturated carbocycles. The molecule has 11 heteroatoms. The van der Waals surface area contributed by atoms with E-state index in [2.05, 4.69) is 21.5 Å². The number of nitrogens with zero attached hydrogens (tertiary/aromatic N) is 2. The fourth-order valence-corrected chi connectivity index (χ4v) is 4.47. The van der Waals surface area contributed by atoms with Crippen LogP contribution in [0.4, 0.5) is 21.5 Å². The highest BCUT2D eigenvalue weighted by Gasteiger charge is 2.24. The van der Waals surface area contributed by atoms with Crippen LogP contribution in [0.5, 0.6) is 5.75 Å². The molecule has 0 spiro atoms. The number of hydrogen-bond donors (Lipinski definition) is 3. The number of aliphatic imine (C=N–C) groups is 1. The van der Waals surface area contributed by atoms with Crippen molar-refractivity contribution in [3.63, 3.8) is 0 Å². The minimum absolute atomic E-state index is 0.00276. The monoisotopic (exact) mass is 576 g/mol. The highest BCUT2D eigenvalue weighted by molar-refractivity contribution is 6.31. The van der Waals surface area contributed by atoms with Gasteiger partial charge in [0.05, 0.1) is 41.9 Å². The lowest BCUT2D eigenvalue weighted by atomic mass is 9.98. The number of methoxy groups -OCH3 is 1. The van der Waals surface area contributed by atoms with Crippen molar-refractivity contribution in [2.45, 2.75) is 12.8 Å². The predicted molar refractivity (Wildman–Crippen MR) is 155 cm³/mol. The maximum Gasteiger partial charge on any atom is 0.306 e. The molecule has 3 aromatic rings. The number of piperidine rings is 1. The van der Waals surface area contributed by atoms with Crippen LogP contribution in [-0.4, -0.2) is 54.3 Å². The Balaban J connectivity index is 1.51. The summed E-state index contributed by atoms with van der Waals surface area (Å²) >= 11 is 6.19. The number of carbonyl (C=O) groups excluding carboxylic acids is 2. The third-order valence-corrected chi connectivity index (χ3v) is 6.74. The number of aliphatic carboxylic acids is 1. The minimum atomic E-state index is -0.825. The number of carbonyl (C=O) groups is 3. The number of benzene rings is 3. The first-order chi connectivity index (χ1) is 19.7. The third kappa shape index (κ3) is 7.21. The topological polar surface area (TPSA) is 120 Å². The van der Waals surface area contributed by atoms with Crippen molar-refractivity contribution in [2.75, 3.05) is 30.8 Å². The molecule has 0 radical (unpaired) electrons. The Morgan fingerprint density at radius 2 is 1.76 bits per heavy atom. The zero-order chi connectivity index (χ0) is 29.5. The SMILES string of the molecule is C#Cc1ccc(NC(=O)c2cc(Cl)cc(OC)c2NC(=O)c2ccc(N=CN3CCC(C(=O)O)CC3)cc2F)cc1. The molecule has 1 aliphatic heterocycles. The van der Waals surface area contributed by atoms with Crippen LogP contribution in [0, 0.1) is 24.1 Å². The van der Waals surface area contributed by atoms with Gasteiger partial charge in [-0.3, -0.25) is 14.4 Å². The van der Waals surface area contributed by atoms with E-state index in [1.807, 2.05) is 4.90 Å². The van der Waals surface area contributed by atoms with Crippen LogP contribution in [0.3, 0.4) is 0 Å². The van der Waals surface area contributed by atoms with Crippen LogP contribution in [0.1, 0.15) is 39.1 Å². The van der Waals surface area contributed by atoms with E-state index in [9.17, 15) is 14.4 Å². The molecule has 0 bridgehead atoms. The summed E-state index contributed by atoms with van der Waals surface area (Å²) in [7, 11) is 1.35. The quantitative estimate of drug-likeness (QED) is 0.187. The highest BCUT2D eigenvalue weighted by Crippen LogP contribution is 2.34. The van der Waals surface area contributed by atoms with Crippen molar-refractivity contribution in [1.29, 1.82) is 0 Å². The molecule has 2 amide bonds. The Kier molecular flexibility index (Phi) is 9.22. The van der Waals surface area contributed by atoms with Gasteiger partial charge in [-0.15, -0.1) is 6.42 Å². The summed E-state index contributed by atoms with van der Waals surface area (Å²) in [5.74, 6) is -0.822. The highest BCUT2D eigenvalue weighted by atomic mass is 35.5. The molecule has 0 aromatic heterocycles. The number of rotatable bonds is 8. The van der Waals surface area contributed by atoms with E-state index in [0.29, 0.717) is 37.2 Å². The minimum Gasteiger partial charge on any atom is -0.494 e. The fourth-order valence-electron chi connectivity index (χ4n) is 4.26. The zero-order valence-electron chi connectivity index (χ0n) is 22.0. The van der Waals surface area contributed by atoms with Crippen LogP contribution in [-0.2, 0) is 4.79 Å². The Labute approximate surface area is 241 Å². The lowest BCUT2D eigenvalue weighted by molar-refractivity contribution is -0.143. The fraction of sp³-hybridized carbons (Fsp3) is 0.200. The Hall–Kier alpha value is -4.88. The van der Waals surface area contributed by atoms with Gasteiger partial charge in [-0.05, 0) is 55.3 Å². The lowest BCUT2D eigenvalue weighted by Crippen LogP contribution is -2.35. The van der Waals surface area contributed by atoms with Crippen LogP contribution in [0.2, 0.25) is 5.02 Å². The summed E-state index contributed by atoms with van der Waals surface area (Å²) in [5, 5.41) is 14.6. The smallest absolute Gasteiger partial charge is 0.306 e. The number of halogens is 2. The Morgan fingerprint density at radius 3 is 2.37 bits per heavy atom. The van der Waals surface area contributed by atoms with Gasteiger partial charge in [0.1, 0.15) is 11.6 Å². The second-order valence-electron chi connectivity index (χ2n) is 9.22. The Morgan fingerprint density at radius 1 is 1.07 bits per heavy atom.